The Morgan fingerprint density at radius 1 is 1.16 bits per heavy atom. The van der Waals surface area contributed by atoms with Crippen LogP contribution in [0.3, 0.4) is 0 Å². The van der Waals surface area contributed by atoms with Gasteiger partial charge in [0.15, 0.2) is 0 Å². The summed E-state index contributed by atoms with van der Waals surface area (Å²) in [5.41, 5.74) is -2.00. The van der Waals surface area contributed by atoms with E-state index in [-0.39, 0.29) is 11.0 Å². The molecule has 0 aromatic heterocycles. The molecule has 3 rings (SSSR count). The lowest BCUT2D eigenvalue weighted by molar-refractivity contribution is -0.150. The quantitative estimate of drug-likeness (QED) is 0.560. The maximum absolute atomic E-state index is 13.1. The molecule has 1 aromatic rings. The summed E-state index contributed by atoms with van der Waals surface area (Å²) in [5, 5.41) is 2.73. The third kappa shape index (κ3) is 4.85. The van der Waals surface area contributed by atoms with Crippen LogP contribution in [-0.2, 0) is 27.1 Å². The van der Waals surface area contributed by atoms with Gasteiger partial charge in [-0.25, -0.2) is 4.79 Å². The summed E-state index contributed by atoms with van der Waals surface area (Å²) in [5.74, 6) is -0.992. The van der Waals surface area contributed by atoms with Gasteiger partial charge in [0, 0.05) is 5.56 Å². The molecule has 1 saturated heterocycles. The van der Waals surface area contributed by atoms with Gasteiger partial charge >= 0.3 is 18.2 Å². The molecule has 2 fully saturated rings. The number of benzene rings is 1. The molecule has 1 heterocycles. The lowest BCUT2D eigenvalue weighted by atomic mass is 9.67. The van der Waals surface area contributed by atoms with Gasteiger partial charge in [-0.2, -0.15) is 13.2 Å². The second kappa shape index (κ2) is 8.16. The Hall–Kier alpha value is -2.58. The van der Waals surface area contributed by atoms with E-state index >= 15 is 0 Å². The number of alkyl halides is 3. The standard InChI is InChI=1S/C22H27F3N2O4/c1-20(2,3)15-8-10-21(11-9-15)18(29)27(19(30)26-21)12-17(28)31-13-14-6-4-5-7-16(14)22(23,24)25/h4-7,15H,8-13H2,1-3H3,(H,26,30). The number of ether oxygens (including phenoxy) is 1. The van der Waals surface area contributed by atoms with E-state index < -0.39 is 48.3 Å². The van der Waals surface area contributed by atoms with E-state index in [4.69, 9.17) is 4.74 Å². The average Bonchev–Trinajstić information content (AvgIpc) is 2.89. The highest BCUT2D eigenvalue weighted by atomic mass is 19.4. The van der Waals surface area contributed by atoms with Gasteiger partial charge in [-0.05, 0) is 43.1 Å². The molecule has 1 N–H and O–H groups in total. The fourth-order valence-electron chi connectivity index (χ4n) is 4.39. The molecule has 1 saturated carbocycles. The molecular weight excluding hydrogens is 413 g/mol. The number of nitrogens with zero attached hydrogens (tertiary/aromatic N) is 1. The van der Waals surface area contributed by atoms with Gasteiger partial charge in [-0.15, -0.1) is 0 Å². The number of carbonyl (C=O) groups is 3. The molecule has 170 valence electrons. The normalized spacial score (nSPS) is 24.5. The predicted molar refractivity (Wildman–Crippen MR) is 106 cm³/mol. The van der Waals surface area contributed by atoms with E-state index in [1.807, 2.05) is 0 Å². The van der Waals surface area contributed by atoms with Gasteiger partial charge < -0.3 is 10.1 Å². The van der Waals surface area contributed by atoms with Gasteiger partial charge in [-0.3, -0.25) is 14.5 Å². The van der Waals surface area contributed by atoms with Crippen LogP contribution in [-0.4, -0.2) is 34.9 Å². The third-order valence-electron chi connectivity index (χ3n) is 6.31. The van der Waals surface area contributed by atoms with Crippen LogP contribution in [0, 0.1) is 11.3 Å². The highest BCUT2D eigenvalue weighted by Crippen LogP contribution is 2.43. The second-order valence-electron chi connectivity index (χ2n) is 9.36. The van der Waals surface area contributed by atoms with Crippen LogP contribution in [0.4, 0.5) is 18.0 Å². The maximum Gasteiger partial charge on any atom is 0.416 e. The van der Waals surface area contributed by atoms with Crippen LogP contribution >= 0.6 is 0 Å². The van der Waals surface area contributed by atoms with Gasteiger partial charge in [0.1, 0.15) is 18.7 Å². The van der Waals surface area contributed by atoms with Crippen molar-refractivity contribution in [3.05, 3.63) is 35.4 Å². The Bertz CT molecular complexity index is 868. The van der Waals surface area contributed by atoms with Crippen LogP contribution < -0.4 is 5.32 Å². The van der Waals surface area contributed by atoms with E-state index in [2.05, 4.69) is 26.1 Å². The first kappa shape index (κ1) is 23.1. The lowest BCUT2D eigenvalue weighted by Gasteiger charge is -2.40. The number of nitrogens with one attached hydrogen (secondary N) is 1. The summed E-state index contributed by atoms with van der Waals surface area (Å²) >= 11 is 0. The van der Waals surface area contributed by atoms with Crippen LogP contribution in [0.2, 0.25) is 0 Å². The summed E-state index contributed by atoms with van der Waals surface area (Å²) in [6.45, 7) is 5.19. The highest BCUT2D eigenvalue weighted by molar-refractivity contribution is 6.08. The van der Waals surface area contributed by atoms with E-state index in [1.165, 1.54) is 18.2 Å². The molecule has 1 aliphatic heterocycles. The number of amides is 3. The van der Waals surface area contributed by atoms with Crippen molar-refractivity contribution in [1.29, 1.82) is 0 Å². The van der Waals surface area contributed by atoms with Crippen molar-refractivity contribution in [3.8, 4) is 0 Å². The van der Waals surface area contributed by atoms with E-state index in [0.29, 0.717) is 18.8 Å². The number of esters is 1. The fraction of sp³-hybridized carbons (Fsp3) is 0.591. The first-order valence-electron chi connectivity index (χ1n) is 10.3. The number of imide groups is 1. The molecule has 0 atom stereocenters. The zero-order valence-corrected chi connectivity index (χ0v) is 17.8. The van der Waals surface area contributed by atoms with E-state index in [0.717, 1.165) is 23.8 Å². The number of rotatable bonds is 4. The SMILES string of the molecule is CC(C)(C)C1CCC2(CC1)NC(=O)N(CC(=O)OCc1ccccc1C(F)(F)F)C2=O. The molecule has 6 nitrogen and oxygen atoms in total. The van der Waals surface area contributed by atoms with E-state index in [9.17, 15) is 27.6 Å². The molecule has 2 aliphatic rings. The van der Waals surface area contributed by atoms with Crippen molar-refractivity contribution in [3.63, 3.8) is 0 Å². The molecule has 0 unspecified atom stereocenters. The Kier molecular flexibility index (Phi) is 6.08. The van der Waals surface area contributed by atoms with Crippen LogP contribution in [0.15, 0.2) is 24.3 Å². The monoisotopic (exact) mass is 440 g/mol. The summed E-state index contributed by atoms with van der Waals surface area (Å²) in [6.07, 6.45) is -2.04. The Labute approximate surface area is 179 Å². The van der Waals surface area contributed by atoms with Crippen molar-refractivity contribution in [1.82, 2.24) is 10.2 Å². The molecule has 0 radical (unpaired) electrons. The molecule has 3 amide bonds. The van der Waals surface area contributed by atoms with E-state index in [1.54, 1.807) is 0 Å². The first-order chi connectivity index (χ1) is 14.3. The predicted octanol–water partition coefficient (Wildman–Crippen LogP) is 4.28. The first-order valence-corrected chi connectivity index (χ1v) is 10.3. The lowest BCUT2D eigenvalue weighted by Crippen LogP contribution is -2.50. The topological polar surface area (TPSA) is 75.7 Å². The molecule has 1 aromatic carbocycles. The number of carbonyl (C=O) groups excluding carboxylic acids is 3. The van der Waals surface area contributed by atoms with Crippen LogP contribution in [0.1, 0.15) is 57.6 Å². The number of hydrogen-bond donors (Lipinski definition) is 1. The van der Waals surface area contributed by atoms with Crippen molar-refractivity contribution in [2.24, 2.45) is 11.3 Å². The van der Waals surface area contributed by atoms with Crippen molar-refractivity contribution in [2.75, 3.05) is 6.54 Å². The molecule has 9 heteroatoms. The number of urea groups is 1. The molecule has 31 heavy (non-hydrogen) atoms. The smallest absolute Gasteiger partial charge is 0.416 e. The van der Waals surface area contributed by atoms with Crippen molar-refractivity contribution < 1.29 is 32.3 Å². The largest absolute Gasteiger partial charge is 0.459 e. The molecule has 0 bridgehead atoms. The Morgan fingerprint density at radius 2 is 1.77 bits per heavy atom. The minimum Gasteiger partial charge on any atom is -0.459 e. The van der Waals surface area contributed by atoms with Gasteiger partial charge in [-0.1, -0.05) is 39.0 Å². The van der Waals surface area contributed by atoms with Crippen molar-refractivity contribution >= 4 is 17.9 Å². The highest BCUT2D eigenvalue weighted by Gasteiger charge is 2.53. The number of hydrogen-bond acceptors (Lipinski definition) is 4. The van der Waals surface area contributed by atoms with Gasteiger partial charge in [0.25, 0.3) is 5.91 Å². The fourth-order valence-corrected chi connectivity index (χ4v) is 4.39. The maximum atomic E-state index is 13.1. The summed E-state index contributed by atoms with van der Waals surface area (Å²) in [4.78, 5) is 38.3. The summed E-state index contributed by atoms with van der Waals surface area (Å²) in [6, 6.07) is 4.10. The second-order valence-corrected chi connectivity index (χ2v) is 9.36. The average molecular weight is 440 g/mol. The zero-order chi connectivity index (χ0) is 23.0. The Balaban J connectivity index is 1.61. The molecule has 1 spiro atoms. The Morgan fingerprint density at radius 3 is 2.35 bits per heavy atom. The molecule has 1 aliphatic carbocycles. The number of halogens is 3. The minimum absolute atomic E-state index is 0.101. The van der Waals surface area contributed by atoms with Gasteiger partial charge in [0.05, 0.1) is 5.56 Å². The molecular formula is C22H27F3N2O4. The van der Waals surface area contributed by atoms with Crippen molar-refractivity contribution in [2.45, 2.75) is 64.8 Å². The summed E-state index contributed by atoms with van der Waals surface area (Å²) in [7, 11) is 0. The summed E-state index contributed by atoms with van der Waals surface area (Å²) < 4.78 is 44.1. The van der Waals surface area contributed by atoms with Crippen LogP contribution in [0.25, 0.3) is 0 Å². The zero-order valence-electron chi connectivity index (χ0n) is 17.8. The van der Waals surface area contributed by atoms with Gasteiger partial charge in [0.2, 0.25) is 0 Å². The minimum atomic E-state index is -4.58. The third-order valence-corrected chi connectivity index (χ3v) is 6.31. The van der Waals surface area contributed by atoms with Crippen LogP contribution in [0.5, 0.6) is 0 Å².